The first-order valence-corrected chi connectivity index (χ1v) is 3.10. The van der Waals surface area contributed by atoms with Gasteiger partial charge in [0.05, 0.1) is 13.2 Å². The van der Waals surface area contributed by atoms with Crippen LogP contribution in [0.4, 0.5) is 0 Å². The predicted molar refractivity (Wildman–Crippen MR) is 48.2 cm³/mol. The van der Waals surface area contributed by atoms with E-state index >= 15 is 0 Å². The van der Waals surface area contributed by atoms with Crippen LogP contribution in [0.2, 0.25) is 0 Å². The summed E-state index contributed by atoms with van der Waals surface area (Å²) in [6.07, 6.45) is 2.26. The maximum Gasteiger partial charge on any atom is 0.0697 e. The Kier molecular flexibility index (Phi) is 15.7. The quantitative estimate of drug-likeness (QED) is 0.587. The zero-order valence-electron chi connectivity index (χ0n) is 5.80. The normalized spacial score (nSPS) is 8.67. The smallest absolute Gasteiger partial charge is 0.0697 e. The minimum atomic E-state index is 0. The van der Waals surface area contributed by atoms with Gasteiger partial charge < -0.3 is 9.84 Å². The highest BCUT2D eigenvalue weighted by atomic mass is 127. The molecule has 3 heteroatoms. The van der Waals surface area contributed by atoms with Gasteiger partial charge in [0.15, 0.2) is 0 Å². The lowest BCUT2D eigenvalue weighted by atomic mass is 10.4. The summed E-state index contributed by atoms with van der Waals surface area (Å²) in [4.78, 5) is 0. The summed E-state index contributed by atoms with van der Waals surface area (Å²) in [7, 11) is 0. The molecule has 0 heterocycles. The Morgan fingerprint density at radius 3 is 2.44 bits per heavy atom. The number of aliphatic hydroxyl groups is 1. The van der Waals surface area contributed by atoms with Crippen LogP contribution in [-0.2, 0) is 4.74 Å². The van der Waals surface area contributed by atoms with E-state index in [1.54, 1.807) is 0 Å². The SMILES string of the molecule is CCCCOCCO.I. The van der Waals surface area contributed by atoms with Gasteiger partial charge in [-0.15, -0.1) is 24.0 Å². The molecular formula is C6H15IO2. The number of aliphatic hydroxyl groups excluding tert-OH is 1. The van der Waals surface area contributed by atoms with Gasteiger partial charge in [-0.05, 0) is 6.42 Å². The number of hydrogen-bond acceptors (Lipinski definition) is 2. The van der Waals surface area contributed by atoms with Gasteiger partial charge in [0.25, 0.3) is 0 Å². The van der Waals surface area contributed by atoms with E-state index in [4.69, 9.17) is 9.84 Å². The lowest BCUT2D eigenvalue weighted by Crippen LogP contribution is -1.99. The summed E-state index contributed by atoms with van der Waals surface area (Å²) in [6, 6.07) is 0. The average Bonchev–Trinajstić information content (AvgIpc) is 1.81. The molecule has 0 aromatic carbocycles. The fraction of sp³-hybridized carbons (Fsp3) is 1.00. The molecule has 0 fully saturated rings. The van der Waals surface area contributed by atoms with Gasteiger partial charge in [-0.3, -0.25) is 0 Å². The highest BCUT2D eigenvalue weighted by Crippen LogP contribution is 1.85. The van der Waals surface area contributed by atoms with Gasteiger partial charge in [-0.25, -0.2) is 0 Å². The van der Waals surface area contributed by atoms with E-state index in [-0.39, 0.29) is 30.6 Å². The monoisotopic (exact) mass is 246 g/mol. The van der Waals surface area contributed by atoms with E-state index in [1.807, 2.05) is 0 Å². The molecule has 0 atom stereocenters. The highest BCUT2D eigenvalue weighted by Gasteiger charge is 1.82. The summed E-state index contributed by atoms with van der Waals surface area (Å²) in [5.41, 5.74) is 0. The molecule has 0 amide bonds. The lowest BCUT2D eigenvalue weighted by molar-refractivity contribution is 0.0904. The van der Waals surface area contributed by atoms with E-state index in [1.165, 1.54) is 0 Å². The maximum absolute atomic E-state index is 8.24. The second-order valence-corrected chi connectivity index (χ2v) is 1.69. The summed E-state index contributed by atoms with van der Waals surface area (Å²) in [5.74, 6) is 0. The average molecular weight is 246 g/mol. The molecule has 0 radical (unpaired) electrons. The first kappa shape index (κ1) is 12.3. The first-order valence-electron chi connectivity index (χ1n) is 3.10. The van der Waals surface area contributed by atoms with Crippen LogP contribution < -0.4 is 0 Å². The Labute approximate surface area is 73.6 Å². The first-order chi connectivity index (χ1) is 3.91. The largest absolute Gasteiger partial charge is 0.394 e. The molecular weight excluding hydrogens is 231 g/mol. The van der Waals surface area contributed by atoms with Crippen LogP contribution >= 0.6 is 24.0 Å². The number of halogens is 1. The third-order valence-electron chi connectivity index (χ3n) is 0.878. The van der Waals surface area contributed by atoms with Crippen LogP contribution in [0.15, 0.2) is 0 Å². The topological polar surface area (TPSA) is 29.5 Å². The molecule has 2 nitrogen and oxygen atoms in total. The number of hydrogen-bond donors (Lipinski definition) is 1. The summed E-state index contributed by atoms with van der Waals surface area (Å²) in [6.45, 7) is 3.53. The Morgan fingerprint density at radius 1 is 1.33 bits per heavy atom. The molecule has 0 aromatic rings. The van der Waals surface area contributed by atoms with Crippen LogP contribution in [0.1, 0.15) is 19.8 Å². The van der Waals surface area contributed by atoms with Gasteiger partial charge in [0, 0.05) is 6.61 Å². The molecule has 0 aromatic heterocycles. The van der Waals surface area contributed by atoms with E-state index in [9.17, 15) is 0 Å². The van der Waals surface area contributed by atoms with Crippen LogP contribution in [-0.4, -0.2) is 24.9 Å². The van der Waals surface area contributed by atoms with E-state index in [2.05, 4.69) is 6.92 Å². The van der Waals surface area contributed by atoms with E-state index in [0.29, 0.717) is 6.61 Å². The van der Waals surface area contributed by atoms with Gasteiger partial charge in [0.1, 0.15) is 0 Å². The number of ether oxygens (including phenoxy) is 1. The van der Waals surface area contributed by atoms with Gasteiger partial charge in [-0.1, -0.05) is 13.3 Å². The van der Waals surface area contributed by atoms with Crippen molar-refractivity contribution in [3.05, 3.63) is 0 Å². The summed E-state index contributed by atoms with van der Waals surface area (Å²) < 4.78 is 4.97. The maximum atomic E-state index is 8.24. The van der Waals surface area contributed by atoms with Crippen molar-refractivity contribution in [1.82, 2.24) is 0 Å². The van der Waals surface area contributed by atoms with Crippen molar-refractivity contribution in [1.29, 1.82) is 0 Å². The van der Waals surface area contributed by atoms with Crippen LogP contribution in [0.3, 0.4) is 0 Å². The molecule has 0 aliphatic rings. The van der Waals surface area contributed by atoms with Crippen molar-refractivity contribution in [2.45, 2.75) is 19.8 Å². The zero-order chi connectivity index (χ0) is 6.24. The van der Waals surface area contributed by atoms with Crippen molar-refractivity contribution in [3.8, 4) is 0 Å². The molecule has 0 saturated carbocycles. The molecule has 0 saturated heterocycles. The third kappa shape index (κ3) is 12.0. The second kappa shape index (κ2) is 11.4. The Balaban J connectivity index is 0. The molecule has 0 aliphatic heterocycles. The van der Waals surface area contributed by atoms with Crippen LogP contribution in [0, 0.1) is 0 Å². The molecule has 0 bridgehead atoms. The van der Waals surface area contributed by atoms with Crippen LogP contribution in [0.5, 0.6) is 0 Å². The third-order valence-corrected chi connectivity index (χ3v) is 0.878. The minimum Gasteiger partial charge on any atom is -0.394 e. The second-order valence-electron chi connectivity index (χ2n) is 1.69. The summed E-state index contributed by atoms with van der Waals surface area (Å²) in [5, 5.41) is 8.24. The van der Waals surface area contributed by atoms with Crippen molar-refractivity contribution < 1.29 is 9.84 Å². The van der Waals surface area contributed by atoms with Crippen molar-refractivity contribution in [2.24, 2.45) is 0 Å². The number of unbranched alkanes of at least 4 members (excludes halogenated alkanes) is 1. The molecule has 0 aliphatic carbocycles. The Hall–Kier alpha value is 0.650. The van der Waals surface area contributed by atoms with Crippen molar-refractivity contribution >= 4 is 24.0 Å². The predicted octanol–water partition coefficient (Wildman–Crippen LogP) is 1.41. The zero-order valence-corrected chi connectivity index (χ0v) is 8.13. The molecule has 0 spiro atoms. The summed E-state index contributed by atoms with van der Waals surface area (Å²) >= 11 is 0. The van der Waals surface area contributed by atoms with E-state index in [0.717, 1.165) is 19.4 Å². The minimum absolute atomic E-state index is 0. The lowest BCUT2D eigenvalue weighted by Gasteiger charge is -1.97. The van der Waals surface area contributed by atoms with Crippen molar-refractivity contribution in [2.75, 3.05) is 19.8 Å². The highest BCUT2D eigenvalue weighted by molar-refractivity contribution is 14.0. The van der Waals surface area contributed by atoms with Crippen molar-refractivity contribution in [3.63, 3.8) is 0 Å². The fourth-order valence-electron chi connectivity index (χ4n) is 0.413. The van der Waals surface area contributed by atoms with Crippen LogP contribution in [0.25, 0.3) is 0 Å². The number of rotatable bonds is 5. The Bertz CT molecular complexity index is 36.0. The molecule has 9 heavy (non-hydrogen) atoms. The van der Waals surface area contributed by atoms with Gasteiger partial charge in [-0.2, -0.15) is 0 Å². The molecule has 58 valence electrons. The Morgan fingerprint density at radius 2 is 2.00 bits per heavy atom. The van der Waals surface area contributed by atoms with E-state index < -0.39 is 0 Å². The molecule has 0 unspecified atom stereocenters. The molecule has 0 rings (SSSR count). The van der Waals surface area contributed by atoms with Gasteiger partial charge >= 0.3 is 0 Å². The van der Waals surface area contributed by atoms with Gasteiger partial charge in [0.2, 0.25) is 0 Å². The standard InChI is InChI=1S/C6H14O2.HI/c1-2-3-5-8-6-4-7;/h7H,2-6H2,1H3;1H. The molecule has 1 N–H and O–H groups in total. The fourth-order valence-corrected chi connectivity index (χ4v) is 0.413.